The minimum absolute atomic E-state index is 0.0294. The Hall–Kier alpha value is -4.09. The number of para-hydroxylation sites is 1. The number of anilines is 1. The topological polar surface area (TPSA) is 134 Å². The van der Waals surface area contributed by atoms with E-state index in [1.807, 2.05) is 35.2 Å². The molecule has 2 atom stereocenters. The number of benzene rings is 3. The van der Waals surface area contributed by atoms with Crippen LogP contribution < -0.4 is 25.0 Å². The Labute approximate surface area is 258 Å². The average Bonchev–Trinajstić information content (AvgIpc) is 3.60. The van der Waals surface area contributed by atoms with Gasteiger partial charge in [0.1, 0.15) is 17.5 Å². The maximum atomic E-state index is 14.4. The van der Waals surface area contributed by atoms with E-state index in [0.29, 0.717) is 35.7 Å². The van der Waals surface area contributed by atoms with E-state index in [-0.39, 0.29) is 24.3 Å². The van der Waals surface area contributed by atoms with Gasteiger partial charge < -0.3 is 30.1 Å². The predicted octanol–water partition coefficient (Wildman–Crippen LogP) is 3.68. The van der Waals surface area contributed by atoms with Gasteiger partial charge in [0.25, 0.3) is 0 Å². The van der Waals surface area contributed by atoms with E-state index in [1.54, 1.807) is 50.6 Å². The van der Waals surface area contributed by atoms with Gasteiger partial charge in [0.05, 0.1) is 30.4 Å². The zero-order valence-corrected chi connectivity index (χ0v) is 25.9. The molecule has 2 fully saturated rings. The van der Waals surface area contributed by atoms with Crippen LogP contribution in [0.5, 0.6) is 11.5 Å². The number of piperidine rings is 1. The van der Waals surface area contributed by atoms with Crippen molar-refractivity contribution in [2.75, 3.05) is 45.3 Å². The van der Waals surface area contributed by atoms with Crippen molar-refractivity contribution in [1.82, 2.24) is 10.6 Å². The molecule has 234 valence electrons. The van der Waals surface area contributed by atoms with Gasteiger partial charge in [-0.05, 0) is 67.6 Å². The van der Waals surface area contributed by atoms with Crippen LogP contribution >= 0.6 is 0 Å². The van der Waals surface area contributed by atoms with E-state index in [0.717, 1.165) is 37.1 Å². The van der Waals surface area contributed by atoms with Crippen LogP contribution in [0.2, 0.25) is 0 Å². The van der Waals surface area contributed by atoms with Gasteiger partial charge >= 0.3 is 5.97 Å². The molecule has 0 aromatic heterocycles. The highest BCUT2D eigenvalue weighted by atomic mass is 32.2. The summed E-state index contributed by atoms with van der Waals surface area (Å²) in [5.41, 5.74) is 2.82. The molecule has 0 aliphatic carbocycles. The van der Waals surface area contributed by atoms with Crippen molar-refractivity contribution >= 4 is 27.4 Å². The summed E-state index contributed by atoms with van der Waals surface area (Å²) < 4.78 is 38.0. The first-order chi connectivity index (χ1) is 21.2. The van der Waals surface area contributed by atoms with Crippen LogP contribution in [0.25, 0.3) is 11.1 Å². The number of carboxylic acids is 1. The maximum absolute atomic E-state index is 14.4. The Kier molecular flexibility index (Phi) is 9.45. The first-order valence-electron chi connectivity index (χ1n) is 14.9. The number of aliphatic carboxylic acids is 1. The van der Waals surface area contributed by atoms with Crippen LogP contribution in [0.15, 0.2) is 71.6 Å². The molecule has 2 saturated heterocycles. The van der Waals surface area contributed by atoms with Gasteiger partial charge in [-0.2, -0.15) is 0 Å². The maximum Gasteiger partial charge on any atom is 0.326 e. The lowest BCUT2D eigenvalue weighted by molar-refractivity contribution is -0.142. The van der Waals surface area contributed by atoms with Gasteiger partial charge in [-0.15, -0.1) is 0 Å². The minimum Gasteiger partial charge on any atom is -0.496 e. The first-order valence-corrected chi connectivity index (χ1v) is 16.3. The summed E-state index contributed by atoms with van der Waals surface area (Å²) in [5, 5.41) is 15.8. The second-order valence-electron chi connectivity index (χ2n) is 11.2. The molecule has 0 bridgehead atoms. The fourth-order valence-electron chi connectivity index (χ4n) is 6.21. The number of carbonyl (C=O) groups excluding carboxylic acids is 1. The van der Waals surface area contributed by atoms with E-state index < -0.39 is 32.5 Å². The Morgan fingerprint density at radius 3 is 2.20 bits per heavy atom. The summed E-state index contributed by atoms with van der Waals surface area (Å²) >= 11 is 0. The third-order valence-electron chi connectivity index (χ3n) is 8.59. The molecule has 1 unspecified atom stereocenters. The number of nitrogens with zero attached hydrogens (tertiary/aromatic N) is 1. The summed E-state index contributed by atoms with van der Waals surface area (Å²) in [6, 6.07) is 18.2. The molecule has 0 saturated carbocycles. The Bertz CT molecular complexity index is 1570. The molecule has 11 heteroatoms. The molecule has 0 spiro atoms. The van der Waals surface area contributed by atoms with Crippen molar-refractivity contribution in [3.8, 4) is 22.6 Å². The monoisotopic (exact) mass is 621 g/mol. The number of amides is 1. The fourth-order valence-corrected chi connectivity index (χ4v) is 8.37. The normalized spacial score (nSPS) is 19.3. The van der Waals surface area contributed by atoms with Crippen LogP contribution in [0.4, 0.5) is 5.69 Å². The van der Waals surface area contributed by atoms with Gasteiger partial charge in [0.15, 0.2) is 14.6 Å². The quantitative estimate of drug-likeness (QED) is 0.293. The smallest absolute Gasteiger partial charge is 0.326 e. The first kappa shape index (κ1) is 31.3. The number of rotatable bonds is 11. The summed E-state index contributed by atoms with van der Waals surface area (Å²) in [5.74, 6) is -0.787. The van der Waals surface area contributed by atoms with Gasteiger partial charge in [0.2, 0.25) is 5.91 Å². The summed E-state index contributed by atoms with van der Waals surface area (Å²) in [6.07, 6.45) is 2.46. The number of nitrogens with one attached hydrogen (secondary N) is 2. The van der Waals surface area contributed by atoms with Crippen LogP contribution in [0.3, 0.4) is 0 Å². The highest BCUT2D eigenvalue weighted by Crippen LogP contribution is 2.39. The standard InChI is InChI=1S/C33H39N3O7S/c1-42-27-10-7-11-28(43-2)30(27)24-15-13-23(14-16-24)21-25(31(37)38)35-32(39)33(17-8-18-34-22-33)44(40,41)29-12-4-3-9-26(29)36-19-5-6-20-36/h3-4,7,9-16,25,34H,5-6,8,17-22H2,1-2H3,(H,35,39)(H,37,38)/t25-,33?/m0/s1. The Morgan fingerprint density at radius 2 is 1.61 bits per heavy atom. The van der Waals surface area contributed by atoms with Crippen LogP contribution in [-0.4, -0.2) is 76.6 Å². The summed E-state index contributed by atoms with van der Waals surface area (Å²) in [4.78, 5) is 28.6. The van der Waals surface area contributed by atoms with Crippen molar-refractivity contribution < 1.29 is 32.6 Å². The second-order valence-corrected chi connectivity index (χ2v) is 13.5. The highest BCUT2D eigenvalue weighted by Gasteiger charge is 2.53. The lowest BCUT2D eigenvalue weighted by Crippen LogP contribution is -2.62. The molecule has 1 amide bonds. The van der Waals surface area contributed by atoms with E-state index in [2.05, 4.69) is 10.6 Å². The molecular formula is C33H39N3O7S. The fraction of sp³-hybridized carbons (Fsp3) is 0.394. The molecule has 3 N–H and O–H groups in total. The lowest BCUT2D eigenvalue weighted by Gasteiger charge is -2.37. The molecule has 3 aromatic rings. The molecule has 5 rings (SSSR count). The van der Waals surface area contributed by atoms with Crippen molar-refractivity contribution in [2.24, 2.45) is 0 Å². The van der Waals surface area contributed by atoms with E-state index in [4.69, 9.17) is 9.47 Å². The molecule has 10 nitrogen and oxygen atoms in total. The zero-order chi connectivity index (χ0) is 31.3. The van der Waals surface area contributed by atoms with Crippen LogP contribution in [0, 0.1) is 0 Å². The van der Waals surface area contributed by atoms with E-state index in [1.165, 1.54) is 0 Å². The van der Waals surface area contributed by atoms with Crippen molar-refractivity contribution in [1.29, 1.82) is 0 Å². The number of carbonyl (C=O) groups is 2. The SMILES string of the molecule is COc1cccc(OC)c1-c1ccc(C[C@H](NC(=O)C2(S(=O)(=O)c3ccccc3N3CCCC3)CCCNC2)C(=O)O)cc1. The Balaban J connectivity index is 1.42. The largest absolute Gasteiger partial charge is 0.496 e. The number of hydrogen-bond donors (Lipinski definition) is 3. The number of methoxy groups -OCH3 is 2. The molecule has 2 heterocycles. The van der Waals surface area contributed by atoms with E-state index in [9.17, 15) is 23.1 Å². The third-order valence-corrected chi connectivity index (χ3v) is 11.1. The molecule has 2 aliphatic rings. The van der Waals surface area contributed by atoms with Gasteiger partial charge in [-0.1, -0.05) is 42.5 Å². The zero-order valence-electron chi connectivity index (χ0n) is 25.0. The lowest BCUT2D eigenvalue weighted by atomic mass is 9.96. The predicted molar refractivity (Wildman–Crippen MR) is 168 cm³/mol. The van der Waals surface area contributed by atoms with Gasteiger partial charge in [0, 0.05) is 26.1 Å². The highest BCUT2D eigenvalue weighted by molar-refractivity contribution is 7.93. The second kappa shape index (κ2) is 13.3. The molecule has 3 aromatic carbocycles. The Morgan fingerprint density at radius 1 is 0.955 bits per heavy atom. The number of hydrogen-bond acceptors (Lipinski definition) is 8. The molecule has 0 radical (unpaired) electrons. The molecule has 2 aliphatic heterocycles. The number of sulfone groups is 1. The molecule has 44 heavy (non-hydrogen) atoms. The van der Waals surface area contributed by atoms with Gasteiger partial charge in [-0.3, -0.25) is 4.79 Å². The van der Waals surface area contributed by atoms with Crippen molar-refractivity contribution in [2.45, 2.75) is 47.8 Å². The minimum atomic E-state index is -4.22. The average molecular weight is 622 g/mol. The molecular weight excluding hydrogens is 582 g/mol. The number of carboxylic acid groups (broad SMARTS) is 1. The van der Waals surface area contributed by atoms with Crippen LogP contribution in [0.1, 0.15) is 31.2 Å². The van der Waals surface area contributed by atoms with E-state index >= 15 is 0 Å². The summed E-state index contributed by atoms with van der Waals surface area (Å²) in [7, 11) is -1.07. The summed E-state index contributed by atoms with van der Waals surface area (Å²) in [6.45, 7) is 1.96. The number of ether oxygens (including phenoxy) is 2. The van der Waals surface area contributed by atoms with Crippen molar-refractivity contribution in [3.63, 3.8) is 0 Å². The van der Waals surface area contributed by atoms with Crippen LogP contribution in [-0.2, 0) is 25.8 Å². The van der Waals surface area contributed by atoms with Crippen molar-refractivity contribution in [3.05, 3.63) is 72.3 Å². The van der Waals surface area contributed by atoms with Gasteiger partial charge in [-0.25, -0.2) is 13.2 Å². The third kappa shape index (κ3) is 5.98.